The summed E-state index contributed by atoms with van der Waals surface area (Å²) in [6, 6.07) is 15.3. The Kier molecular flexibility index (Phi) is 6.10. The minimum absolute atomic E-state index is 0.684. The molecule has 2 aromatic rings. The van der Waals surface area contributed by atoms with E-state index in [0.29, 0.717) is 5.02 Å². The van der Waals surface area contributed by atoms with E-state index in [2.05, 4.69) is 17.5 Å². The maximum atomic E-state index is 5.90. The van der Waals surface area contributed by atoms with Crippen LogP contribution < -0.4 is 10.2 Å². The summed E-state index contributed by atoms with van der Waals surface area (Å²) >= 11 is 5.90. The minimum atomic E-state index is 0.684. The molecule has 0 atom stereocenters. The van der Waals surface area contributed by atoms with Gasteiger partial charge in [-0.05, 0) is 54.4 Å². The van der Waals surface area contributed by atoms with Gasteiger partial charge in [-0.3, -0.25) is 5.43 Å². The summed E-state index contributed by atoms with van der Waals surface area (Å²) in [6.45, 7) is 2.91. The zero-order chi connectivity index (χ0) is 14.9. The molecule has 0 aliphatic carbocycles. The first-order valence-electron chi connectivity index (χ1n) is 7.05. The van der Waals surface area contributed by atoms with E-state index in [9.17, 15) is 0 Å². The quantitative estimate of drug-likeness (QED) is 0.445. The summed E-state index contributed by atoms with van der Waals surface area (Å²) in [6.07, 6.45) is 3.98. The maximum Gasteiger partial charge on any atom is 0.119 e. The van der Waals surface area contributed by atoms with E-state index in [4.69, 9.17) is 16.3 Å². The van der Waals surface area contributed by atoms with Crippen LogP contribution >= 0.6 is 11.6 Å². The van der Waals surface area contributed by atoms with Crippen LogP contribution in [0.25, 0.3) is 0 Å². The van der Waals surface area contributed by atoms with Gasteiger partial charge in [-0.25, -0.2) is 0 Å². The molecule has 0 unspecified atom stereocenters. The van der Waals surface area contributed by atoms with Crippen molar-refractivity contribution >= 4 is 23.5 Å². The summed E-state index contributed by atoms with van der Waals surface area (Å²) in [5.74, 6) is 0.892. The van der Waals surface area contributed by atoms with Gasteiger partial charge >= 0.3 is 0 Å². The zero-order valence-electron chi connectivity index (χ0n) is 12.1. The van der Waals surface area contributed by atoms with Gasteiger partial charge in [0.2, 0.25) is 0 Å². The fraction of sp³-hybridized carbons (Fsp3) is 0.235. The van der Waals surface area contributed by atoms with Crippen molar-refractivity contribution in [3.05, 3.63) is 59.1 Å². The molecular formula is C17H19ClN2O. The number of unbranched alkanes of at least 4 members (excludes halogenated alkanes) is 1. The van der Waals surface area contributed by atoms with Gasteiger partial charge in [-0.2, -0.15) is 5.10 Å². The van der Waals surface area contributed by atoms with Gasteiger partial charge in [-0.15, -0.1) is 0 Å². The number of nitrogens with zero attached hydrogens (tertiary/aromatic N) is 1. The lowest BCUT2D eigenvalue weighted by atomic mass is 10.2. The van der Waals surface area contributed by atoms with Crippen molar-refractivity contribution in [3.8, 4) is 5.75 Å². The Labute approximate surface area is 130 Å². The Morgan fingerprint density at radius 1 is 1.19 bits per heavy atom. The van der Waals surface area contributed by atoms with Crippen molar-refractivity contribution in [2.24, 2.45) is 5.10 Å². The molecule has 3 nitrogen and oxygen atoms in total. The molecule has 0 spiro atoms. The number of rotatable bonds is 7. The molecule has 2 aromatic carbocycles. The first-order valence-corrected chi connectivity index (χ1v) is 7.43. The molecule has 0 bridgehead atoms. The molecule has 2 rings (SSSR count). The molecule has 0 amide bonds. The summed E-state index contributed by atoms with van der Waals surface area (Å²) in [7, 11) is 0. The highest BCUT2D eigenvalue weighted by molar-refractivity contribution is 6.30. The van der Waals surface area contributed by atoms with E-state index in [0.717, 1.165) is 36.4 Å². The summed E-state index contributed by atoms with van der Waals surface area (Å²) in [4.78, 5) is 0. The standard InChI is InChI=1S/C17H19ClN2O/c1-2-3-11-21-17-9-7-14(8-10-17)13-19-20-16-6-4-5-15(18)12-16/h4-10,12-13,20H,2-3,11H2,1H3/b19-13-. The van der Waals surface area contributed by atoms with Crippen LogP contribution in [0.15, 0.2) is 53.6 Å². The molecular weight excluding hydrogens is 284 g/mol. The number of anilines is 1. The van der Waals surface area contributed by atoms with Crippen LogP contribution in [0.5, 0.6) is 5.75 Å². The normalized spacial score (nSPS) is 10.8. The Balaban J connectivity index is 1.86. The van der Waals surface area contributed by atoms with E-state index in [-0.39, 0.29) is 0 Å². The van der Waals surface area contributed by atoms with Gasteiger partial charge in [-0.1, -0.05) is 31.0 Å². The summed E-state index contributed by atoms with van der Waals surface area (Å²) in [5, 5.41) is 4.87. The number of hydrogen-bond acceptors (Lipinski definition) is 3. The maximum absolute atomic E-state index is 5.90. The Hall–Kier alpha value is -2.00. The Morgan fingerprint density at radius 2 is 2.00 bits per heavy atom. The molecule has 1 N–H and O–H groups in total. The third-order valence-electron chi connectivity index (χ3n) is 2.88. The lowest BCUT2D eigenvalue weighted by Crippen LogP contribution is -1.96. The van der Waals surface area contributed by atoms with E-state index in [1.807, 2.05) is 48.5 Å². The lowest BCUT2D eigenvalue weighted by molar-refractivity contribution is 0.309. The minimum Gasteiger partial charge on any atom is -0.494 e. The molecule has 0 saturated heterocycles. The van der Waals surface area contributed by atoms with Gasteiger partial charge in [0.15, 0.2) is 0 Å². The fourth-order valence-corrected chi connectivity index (χ4v) is 1.91. The average molecular weight is 303 g/mol. The molecule has 0 aromatic heterocycles. The van der Waals surface area contributed by atoms with E-state index < -0.39 is 0 Å². The van der Waals surface area contributed by atoms with Crippen LogP contribution in [0.1, 0.15) is 25.3 Å². The molecule has 21 heavy (non-hydrogen) atoms. The van der Waals surface area contributed by atoms with Gasteiger partial charge in [0.25, 0.3) is 0 Å². The van der Waals surface area contributed by atoms with E-state index in [1.54, 1.807) is 6.21 Å². The van der Waals surface area contributed by atoms with Crippen LogP contribution in [0, 0.1) is 0 Å². The Morgan fingerprint density at radius 3 is 2.71 bits per heavy atom. The van der Waals surface area contributed by atoms with Crippen LogP contribution in [0.4, 0.5) is 5.69 Å². The monoisotopic (exact) mass is 302 g/mol. The van der Waals surface area contributed by atoms with E-state index >= 15 is 0 Å². The summed E-state index contributed by atoms with van der Waals surface area (Å²) < 4.78 is 5.61. The van der Waals surface area contributed by atoms with Crippen molar-refractivity contribution in [2.75, 3.05) is 12.0 Å². The van der Waals surface area contributed by atoms with Gasteiger partial charge in [0, 0.05) is 5.02 Å². The predicted molar refractivity (Wildman–Crippen MR) is 89.5 cm³/mol. The lowest BCUT2D eigenvalue weighted by Gasteiger charge is -2.05. The highest BCUT2D eigenvalue weighted by atomic mass is 35.5. The SMILES string of the molecule is CCCCOc1ccc(/C=N\Nc2cccc(Cl)c2)cc1. The molecule has 0 radical (unpaired) electrons. The molecule has 0 aliphatic heterocycles. The molecule has 4 heteroatoms. The molecule has 0 aliphatic rings. The number of halogens is 1. The van der Waals surface area contributed by atoms with Crippen molar-refractivity contribution in [1.29, 1.82) is 0 Å². The van der Waals surface area contributed by atoms with Crippen molar-refractivity contribution in [2.45, 2.75) is 19.8 Å². The van der Waals surface area contributed by atoms with Gasteiger partial charge < -0.3 is 4.74 Å². The predicted octanol–water partition coefficient (Wildman–Crippen LogP) is 4.96. The first-order chi connectivity index (χ1) is 10.3. The first kappa shape index (κ1) is 15.4. The van der Waals surface area contributed by atoms with Crippen molar-refractivity contribution in [1.82, 2.24) is 0 Å². The number of hydrogen-bond donors (Lipinski definition) is 1. The van der Waals surface area contributed by atoms with Gasteiger partial charge in [0.1, 0.15) is 5.75 Å². The molecule has 0 heterocycles. The van der Waals surface area contributed by atoms with Crippen LogP contribution in [0.2, 0.25) is 5.02 Å². The third-order valence-corrected chi connectivity index (χ3v) is 3.11. The second-order valence-corrected chi connectivity index (χ2v) is 5.09. The van der Waals surface area contributed by atoms with Crippen molar-refractivity contribution < 1.29 is 4.74 Å². The number of ether oxygens (including phenoxy) is 1. The number of nitrogens with one attached hydrogen (secondary N) is 1. The van der Waals surface area contributed by atoms with E-state index in [1.165, 1.54) is 0 Å². The third kappa shape index (κ3) is 5.48. The fourth-order valence-electron chi connectivity index (χ4n) is 1.72. The van der Waals surface area contributed by atoms with Crippen LogP contribution in [0.3, 0.4) is 0 Å². The highest BCUT2D eigenvalue weighted by Crippen LogP contribution is 2.15. The van der Waals surface area contributed by atoms with Gasteiger partial charge in [0.05, 0.1) is 18.5 Å². The smallest absolute Gasteiger partial charge is 0.119 e. The molecule has 0 fully saturated rings. The zero-order valence-corrected chi connectivity index (χ0v) is 12.8. The molecule has 110 valence electrons. The second kappa shape index (κ2) is 8.32. The summed E-state index contributed by atoms with van der Waals surface area (Å²) in [5.41, 5.74) is 4.81. The largest absolute Gasteiger partial charge is 0.494 e. The average Bonchev–Trinajstić information content (AvgIpc) is 2.49. The highest BCUT2D eigenvalue weighted by Gasteiger charge is 1.94. The van der Waals surface area contributed by atoms with Crippen LogP contribution in [-0.2, 0) is 0 Å². The topological polar surface area (TPSA) is 33.6 Å². The Bertz CT molecular complexity index is 582. The van der Waals surface area contributed by atoms with Crippen LogP contribution in [-0.4, -0.2) is 12.8 Å². The van der Waals surface area contributed by atoms with Crippen molar-refractivity contribution in [3.63, 3.8) is 0 Å². The number of hydrazone groups is 1. The second-order valence-electron chi connectivity index (χ2n) is 4.65. The molecule has 0 saturated carbocycles. The number of benzene rings is 2.